The number of alkyl halides is 1. The van der Waals surface area contributed by atoms with Crippen molar-refractivity contribution in [1.29, 1.82) is 0 Å². The maximum atomic E-state index is 13.6. The number of carbonyl (C=O) groups excluding carboxylic acids is 3. The molecule has 0 unspecified atom stereocenters. The van der Waals surface area contributed by atoms with Crippen molar-refractivity contribution in [3.05, 3.63) is 65.5 Å². The number of ether oxygens (including phenoxy) is 1. The number of carbonyl (C=O) groups is 3. The van der Waals surface area contributed by atoms with Crippen LogP contribution in [0.1, 0.15) is 45.8 Å². The topological polar surface area (TPSA) is 120 Å². The minimum atomic E-state index is -0.675. The summed E-state index contributed by atoms with van der Waals surface area (Å²) < 4.78 is 6.67. The summed E-state index contributed by atoms with van der Waals surface area (Å²) in [6.07, 6.45) is 2.64. The number of anilines is 2. The number of rotatable bonds is 9. The number of nitrogens with zero attached hydrogens (tertiary/aromatic N) is 3. The van der Waals surface area contributed by atoms with E-state index >= 15 is 0 Å². The van der Waals surface area contributed by atoms with Crippen LogP contribution in [0.5, 0.6) is 5.75 Å². The van der Waals surface area contributed by atoms with Crippen LogP contribution in [0.4, 0.5) is 11.4 Å². The number of aromatic nitrogens is 2. The van der Waals surface area contributed by atoms with Gasteiger partial charge in [0.15, 0.2) is 5.69 Å². The van der Waals surface area contributed by atoms with E-state index < -0.39 is 5.91 Å². The molecule has 0 radical (unpaired) electrons. The van der Waals surface area contributed by atoms with Crippen LogP contribution in [0.15, 0.2) is 48.5 Å². The fraction of sp³-hybridized carbons (Fsp3) is 0.280. The summed E-state index contributed by atoms with van der Waals surface area (Å²) in [6, 6.07) is 14.2. The standard InChI is InChI=1S/C25H26BrN5O4/c1-35-19-11-9-18(10-12-19)31-23-20(22(29-31)24(27)33)13-15-30(25(23)34)17-7-5-16(6-8-17)28-21(32)4-2-3-14-26/h5-12H,2-4,13-15H2,1H3,(H2,27,33)(H,28,32). The first-order valence-corrected chi connectivity index (χ1v) is 12.4. The molecule has 0 atom stereocenters. The lowest BCUT2D eigenvalue weighted by atomic mass is 10.0. The average Bonchev–Trinajstić information content (AvgIpc) is 3.26. The normalized spacial score (nSPS) is 12.9. The van der Waals surface area contributed by atoms with Crippen molar-refractivity contribution in [3.63, 3.8) is 0 Å². The van der Waals surface area contributed by atoms with Crippen LogP contribution in [-0.4, -0.2) is 46.5 Å². The number of unbranched alkanes of at least 4 members (excludes halogenated alkanes) is 1. The lowest BCUT2D eigenvalue weighted by molar-refractivity contribution is -0.116. The van der Waals surface area contributed by atoms with E-state index in [1.165, 1.54) is 4.68 Å². The maximum absolute atomic E-state index is 13.6. The van der Waals surface area contributed by atoms with Crippen molar-refractivity contribution in [2.24, 2.45) is 5.73 Å². The Balaban J connectivity index is 1.59. The lowest BCUT2D eigenvalue weighted by Crippen LogP contribution is -2.39. The Hall–Kier alpha value is -3.66. The van der Waals surface area contributed by atoms with E-state index in [4.69, 9.17) is 10.5 Å². The summed E-state index contributed by atoms with van der Waals surface area (Å²) >= 11 is 3.36. The first kappa shape index (κ1) is 24.5. The summed E-state index contributed by atoms with van der Waals surface area (Å²) in [5.74, 6) is -0.340. The summed E-state index contributed by atoms with van der Waals surface area (Å²) in [5.41, 5.74) is 8.48. The van der Waals surface area contributed by atoms with E-state index in [1.807, 2.05) is 0 Å². The Morgan fingerprint density at radius 2 is 1.77 bits per heavy atom. The molecule has 182 valence electrons. The highest BCUT2D eigenvalue weighted by Crippen LogP contribution is 2.30. The van der Waals surface area contributed by atoms with Crippen LogP contribution in [0, 0.1) is 0 Å². The molecule has 3 N–H and O–H groups in total. The minimum absolute atomic E-state index is 0.0419. The summed E-state index contributed by atoms with van der Waals surface area (Å²) in [4.78, 5) is 39.4. The molecule has 3 aromatic rings. The molecule has 2 aromatic carbocycles. The maximum Gasteiger partial charge on any atom is 0.277 e. The fourth-order valence-corrected chi connectivity index (χ4v) is 4.44. The number of halogens is 1. The predicted octanol–water partition coefficient (Wildman–Crippen LogP) is 3.69. The second-order valence-corrected chi connectivity index (χ2v) is 8.89. The fourth-order valence-electron chi connectivity index (χ4n) is 4.04. The van der Waals surface area contributed by atoms with Crippen molar-refractivity contribution in [2.45, 2.75) is 25.7 Å². The zero-order chi connectivity index (χ0) is 24.9. The van der Waals surface area contributed by atoms with Gasteiger partial charge in [0.05, 0.1) is 12.8 Å². The van der Waals surface area contributed by atoms with Gasteiger partial charge >= 0.3 is 0 Å². The lowest BCUT2D eigenvalue weighted by Gasteiger charge is -2.28. The zero-order valence-electron chi connectivity index (χ0n) is 19.3. The molecule has 4 rings (SSSR count). The number of primary amides is 1. The van der Waals surface area contributed by atoms with Crippen molar-refractivity contribution in [2.75, 3.05) is 29.2 Å². The zero-order valence-corrected chi connectivity index (χ0v) is 20.9. The van der Waals surface area contributed by atoms with E-state index in [9.17, 15) is 14.4 Å². The molecule has 0 aliphatic carbocycles. The third-order valence-corrected chi connectivity index (χ3v) is 6.38. The Morgan fingerprint density at radius 3 is 2.40 bits per heavy atom. The Kier molecular flexibility index (Phi) is 7.50. The van der Waals surface area contributed by atoms with Crippen LogP contribution in [0.2, 0.25) is 0 Å². The van der Waals surface area contributed by atoms with Crippen molar-refractivity contribution in [3.8, 4) is 11.4 Å². The predicted molar refractivity (Wildman–Crippen MR) is 137 cm³/mol. The molecule has 0 spiro atoms. The van der Waals surface area contributed by atoms with Gasteiger partial charge in [0.1, 0.15) is 11.4 Å². The molecule has 1 aliphatic heterocycles. The van der Waals surface area contributed by atoms with E-state index in [1.54, 1.807) is 60.5 Å². The molecule has 10 heteroatoms. The van der Waals surface area contributed by atoms with Crippen LogP contribution in [0.3, 0.4) is 0 Å². The number of nitrogens with one attached hydrogen (secondary N) is 1. The molecule has 3 amide bonds. The molecule has 1 aromatic heterocycles. The van der Waals surface area contributed by atoms with Crippen molar-refractivity contribution < 1.29 is 19.1 Å². The molecule has 2 heterocycles. The summed E-state index contributed by atoms with van der Waals surface area (Å²) in [6.45, 7) is 0.374. The highest BCUT2D eigenvalue weighted by atomic mass is 79.9. The first-order valence-electron chi connectivity index (χ1n) is 11.3. The Bertz CT molecular complexity index is 1240. The van der Waals surface area contributed by atoms with E-state index in [-0.39, 0.29) is 17.5 Å². The Morgan fingerprint density at radius 1 is 1.09 bits per heavy atom. The van der Waals surface area contributed by atoms with E-state index in [0.29, 0.717) is 53.5 Å². The molecule has 0 saturated heterocycles. The van der Waals surface area contributed by atoms with Gasteiger partial charge in [-0.15, -0.1) is 0 Å². The molecule has 0 saturated carbocycles. The highest BCUT2D eigenvalue weighted by molar-refractivity contribution is 9.09. The van der Waals surface area contributed by atoms with Gasteiger partial charge in [0.2, 0.25) is 5.91 Å². The van der Waals surface area contributed by atoms with Gasteiger partial charge in [0.25, 0.3) is 11.8 Å². The Labute approximate surface area is 211 Å². The van der Waals surface area contributed by atoms with Crippen LogP contribution in [-0.2, 0) is 11.2 Å². The van der Waals surface area contributed by atoms with Crippen LogP contribution >= 0.6 is 15.9 Å². The molecular formula is C25H26BrN5O4. The second-order valence-electron chi connectivity index (χ2n) is 8.10. The first-order chi connectivity index (χ1) is 16.9. The number of hydrogen-bond acceptors (Lipinski definition) is 5. The third-order valence-electron chi connectivity index (χ3n) is 5.82. The number of benzene rings is 2. The third kappa shape index (κ3) is 5.22. The SMILES string of the molecule is COc1ccc(-n2nc(C(N)=O)c3c2C(=O)N(c2ccc(NC(=O)CCCCBr)cc2)CC3)cc1. The molecule has 35 heavy (non-hydrogen) atoms. The van der Waals surface area contributed by atoms with Gasteiger partial charge in [-0.3, -0.25) is 14.4 Å². The molecule has 0 fully saturated rings. The average molecular weight is 540 g/mol. The molecule has 9 nitrogen and oxygen atoms in total. The quantitative estimate of drug-likeness (QED) is 0.317. The number of amides is 3. The minimum Gasteiger partial charge on any atom is -0.497 e. The summed E-state index contributed by atoms with van der Waals surface area (Å²) in [7, 11) is 1.57. The number of nitrogens with two attached hydrogens (primary N) is 1. The molecule has 0 bridgehead atoms. The number of hydrogen-bond donors (Lipinski definition) is 2. The largest absolute Gasteiger partial charge is 0.497 e. The van der Waals surface area contributed by atoms with Crippen LogP contribution in [0.25, 0.3) is 5.69 Å². The number of fused-ring (bicyclic) bond motifs is 1. The smallest absolute Gasteiger partial charge is 0.277 e. The van der Waals surface area contributed by atoms with Gasteiger partial charge in [-0.2, -0.15) is 5.10 Å². The van der Waals surface area contributed by atoms with E-state index in [0.717, 1.165) is 18.2 Å². The van der Waals surface area contributed by atoms with Gasteiger partial charge in [-0.25, -0.2) is 4.68 Å². The van der Waals surface area contributed by atoms with Gasteiger partial charge in [-0.1, -0.05) is 15.9 Å². The monoisotopic (exact) mass is 539 g/mol. The van der Waals surface area contributed by atoms with E-state index in [2.05, 4.69) is 26.3 Å². The number of methoxy groups -OCH3 is 1. The summed E-state index contributed by atoms with van der Waals surface area (Å²) in [5, 5.41) is 8.13. The van der Waals surface area contributed by atoms with Crippen molar-refractivity contribution >= 4 is 45.0 Å². The van der Waals surface area contributed by atoms with Crippen LogP contribution < -0.4 is 20.7 Å². The van der Waals surface area contributed by atoms with Crippen molar-refractivity contribution in [1.82, 2.24) is 9.78 Å². The molecular weight excluding hydrogens is 514 g/mol. The highest BCUT2D eigenvalue weighted by Gasteiger charge is 2.34. The van der Waals surface area contributed by atoms with Gasteiger partial charge in [0, 0.05) is 35.2 Å². The van der Waals surface area contributed by atoms with Gasteiger partial charge in [-0.05, 0) is 67.8 Å². The second kappa shape index (κ2) is 10.7. The molecule has 1 aliphatic rings. The van der Waals surface area contributed by atoms with Gasteiger partial charge < -0.3 is 20.7 Å².